The summed E-state index contributed by atoms with van der Waals surface area (Å²) < 4.78 is 6.59. The van der Waals surface area contributed by atoms with Gasteiger partial charge in [0.15, 0.2) is 6.29 Å². The van der Waals surface area contributed by atoms with Gasteiger partial charge >= 0.3 is 5.97 Å². The molecule has 4 nitrogen and oxygen atoms in total. The molecule has 0 aliphatic rings. The summed E-state index contributed by atoms with van der Waals surface area (Å²) in [5.41, 5.74) is 1.48. The smallest absolute Gasteiger partial charge is 0.340 e. The highest BCUT2D eigenvalue weighted by molar-refractivity contribution is 5.99. The summed E-state index contributed by atoms with van der Waals surface area (Å²) in [6, 6.07) is 0. The topological polar surface area (TPSA) is 48.3 Å². The van der Waals surface area contributed by atoms with Crippen LogP contribution in [0.3, 0.4) is 0 Å². The van der Waals surface area contributed by atoms with Gasteiger partial charge in [-0.2, -0.15) is 0 Å². The Labute approximate surface area is 82.5 Å². The maximum Gasteiger partial charge on any atom is 0.340 e. The van der Waals surface area contributed by atoms with Gasteiger partial charge in [0.05, 0.1) is 12.2 Å². The van der Waals surface area contributed by atoms with Crippen LogP contribution in [0, 0.1) is 6.92 Å². The van der Waals surface area contributed by atoms with Crippen LogP contribution in [-0.4, -0.2) is 23.4 Å². The second kappa shape index (κ2) is 4.09. The lowest BCUT2D eigenvalue weighted by atomic mass is 10.2. The minimum Gasteiger partial charge on any atom is -0.462 e. The summed E-state index contributed by atoms with van der Waals surface area (Å²) in [6.45, 7) is 3.82. The Kier molecular flexibility index (Phi) is 3.06. The Morgan fingerprint density at radius 2 is 2.29 bits per heavy atom. The van der Waals surface area contributed by atoms with Crippen LogP contribution >= 0.6 is 0 Å². The Bertz CT molecular complexity index is 366. The minimum atomic E-state index is -0.437. The van der Waals surface area contributed by atoms with Crippen LogP contribution in [0.4, 0.5) is 0 Å². The molecule has 0 bridgehead atoms. The van der Waals surface area contributed by atoms with Crippen molar-refractivity contribution in [3.63, 3.8) is 0 Å². The zero-order chi connectivity index (χ0) is 10.7. The normalized spacial score (nSPS) is 9.93. The van der Waals surface area contributed by atoms with E-state index in [1.54, 1.807) is 31.7 Å². The summed E-state index contributed by atoms with van der Waals surface area (Å²) >= 11 is 0. The number of carbonyl (C=O) groups excluding carboxylic acids is 2. The fourth-order valence-corrected chi connectivity index (χ4v) is 1.31. The van der Waals surface area contributed by atoms with E-state index in [-0.39, 0.29) is 0 Å². The molecule has 0 N–H and O–H groups in total. The van der Waals surface area contributed by atoms with Crippen LogP contribution in [0.5, 0.6) is 0 Å². The number of hydrogen-bond acceptors (Lipinski definition) is 3. The number of esters is 1. The van der Waals surface area contributed by atoms with Gasteiger partial charge in [-0.25, -0.2) is 4.79 Å². The van der Waals surface area contributed by atoms with Crippen LogP contribution in [-0.2, 0) is 11.8 Å². The minimum absolute atomic E-state index is 0.311. The first-order valence-corrected chi connectivity index (χ1v) is 4.40. The van der Waals surface area contributed by atoms with Gasteiger partial charge in [-0.05, 0) is 13.8 Å². The van der Waals surface area contributed by atoms with Gasteiger partial charge in [0.2, 0.25) is 0 Å². The second-order valence-corrected chi connectivity index (χ2v) is 2.99. The van der Waals surface area contributed by atoms with E-state index in [0.29, 0.717) is 24.0 Å². The quantitative estimate of drug-likeness (QED) is 0.540. The van der Waals surface area contributed by atoms with Crippen molar-refractivity contribution in [1.29, 1.82) is 0 Å². The first-order valence-electron chi connectivity index (χ1n) is 4.40. The van der Waals surface area contributed by atoms with Gasteiger partial charge in [0.1, 0.15) is 0 Å². The molecule has 1 heterocycles. The van der Waals surface area contributed by atoms with Crippen LogP contribution in [0.1, 0.15) is 33.3 Å². The molecule has 0 aliphatic carbocycles. The van der Waals surface area contributed by atoms with Crippen molar-refractivity contribution in [1.82, 2.24) is 4.57 Å². The summed E-state index contributed by atoms with van der Waals surface area (Å²) in [5.74, 6) is -0.437. The molecule has 4 heteroatoms. The number of ether oxygens (including phenoxy) is 1. The zero-order valence-electron chi connectivity index (χ0n) is 8.53. The van der Waals surface area contributed by atoms with E-state index in [1.165, 1.54) is 0 Å². The average molecular weight is 195 g/mol. The average Bonchev–Trinajstić information content (AvgIpc) is 2.43. The number of nitrogens with zero attached hydrogens (tertiary/aromatic N) is 1. The molecular formula is C10H13NO3. The molecule has 0 saturated carbocycles. The fourth-order valence-electron chi connectivity index (χ4n) is 1.31. The third kappa shape index (κ3) is 1.69. The Balaban J connectivity index is 3.17. The predicted octanol–water partition coefficient (Wildman–Crippen LogP) is 1.32. The first kappa shape index (κ1) is 10.5. The zero-order valence-corrected chi connectivity index (χ0v) is 8.53. The van der Waals surface area contributed by atoms with Crippen molar-refractivity contribution in [2.75, 3.05) is 6.61 Å². The standard InChI is InChI=1S/C10H13NO3/c1-4-14-10(13)9-7(2)11(3)5-8(9)6-12/h5-6H,4H2,1-3H3. The highest BCUT2D eigenvalue weighted by Crippen LogP contribution is 2.15. The lowest BCUT2D eigenvalue weighted by Crippen LogP contribution is -2.08. The second-order valence-electron chi connectivity index (χ2n) is 2.99. The molecule has 14 heavy (non-hydrogen) atoms. The maximum absolute atomic E-state index is 11.5. The van der Waals surface area contributed by atoms with E-state index < -0.39 is 5.97 Å². The molecule has 1 aromatic rings. The van der Waals surface area contributed by atoms with Crippen molar-refractivity contribution in [3.05, 3.63) is 23.0 Å². The van der Waals surface area contributed by atoms with E-state index in [2.05, 4.69) is 0 Å². The van der Waals surface area contributed by atoms with Crippen LogP contribution < -0.4 is 0 Å². The maximum atomic E-state index is 11.5. The summed E-state index contributed by atoms with van der Waals surface area (Å²) in [6.07, 6.45) is 2.29. The number of rotatable bonds is 3. The SMILES string of the molecule is CCOC(=O)c1c(C=O)cn(C)c1C. The predicted molar refractivity (Wildman–Crippen MR) is 51.5 cm³/mol. The van der Waals surface area contributed by atoms with Gasteiger partial charge in [0, 0.05) is 24.5 Å². The highest BCUT2D eigenvalue weighted by atomic mass is 16.5. The molecule has 0 amide bonds. The Morgan fingerprint density at radius 3 is 2.79 bits per heavy atom. The van der Waals surface area contributed by atoms with E-state index in [4.69, 9.17) is 4.74 Å². The van der Waals surface area contributed by atoms with Gasteiger partial charge in [-0.1, -0.05) is 0 Å². The van der Waals surface area contributed by atoms with Crippen LogP contribution in [0.15, 0.2) is 6.20 Å². The third-order valence-corrected chi connectivity index (χ3v) is 2.12. The Hall–Kier alpha value is -1.58. The molecule has 76 valence electrons. The van der Waals surface area contributed by atoms with Crippen molar-refractivity contribution >= 4 is 12.3 Å². The largest absolute Gasteiger partial charge is 0.462 e. The first-order chi connectivity index (χ1) is 6.61. The summed E-state index contributed by atoms with van der Waals surface area (Å²) in [4.78, 5) is 22.1. The number of carbonyl (C=O) groups is 2. The van der Waals surface area contributed by atoms with Crippen molar-refractivity contribution in [3.8, 4) is 0 Å². The number of aryl methyl sites for hydroxylation is 1. The van der Waals surface area contributed by atoms with Crippen molar-refractivity contribution in [2.45, 2.75) is 13.8 Å². The molecule has 0 saturated heterocycles. The number of aldehydes is 1. The lowest BCUT2D eigenvalue weighted by Gasteiger charge is -2.02. The molecule has 0 fully saturated rings. The van der Waals surface area contributed by atoms with E-state index in [9.17, 15) is 9.59 Å². The van der Waals surface area contributed by atoms with E-state index >= 15 is 0 Å². The summed E-state index contributed by atoms with van der Waals surface area (Å²) in [7, 11) is 1.78. The van der Waals surface area contributed by atoms with Crippen LogP contribution in [0.2, 0.25) is 0 Å². The van der Waals surface area contributed by atoms with Crippen molar-refractivity contribution < 1.29 is 14.3 Å². The van der Waals surface area contributed by atoms with Gasteiger partial charge in [-0.15, -0.1) is 0 Å². The summed E-state index contributed by atoms with van der Waals surface area (Å²) in [5, 5.41) is 0. The molecule has 0 unspecified atom stereocenters. The Morgan fingerprint density at radius 1 is 1.64 bits per heavy atom. The molecule has 0 aliphatic heterocycles. The molecular weight excluding hydrogens is 182 g/mol. The van der Waals surface area contributed by atoms with Gasteiger partial charge in [-0.3, -0.25) is 4.79 Å². The molecule has 0 atom stereocenters. The van der Waals surface area contributed by atoms with Gasteiger partial charge in [0.25, 0.3) is 0 Å². The lowest BCUT2D eigenvalue weighted by molar-refractivity contribution is 0.0523. The number of aromatic nitrogens is 1. The highest BCUT2D eigenvalue weighted by Gasteiger charge is 2.18. The fraction of sp³-hybridized carbons (Fsp3) is 0.400. The van der Waals surface area contributed by atoms with E-state index in [1.807, 2.05) is 0 Å². The third-order valence-electron chi connectivity index (χ3n) is 2.12. The molecule has 0 aromatic carbocycles. The van der Waals surface area contributed by atoms with Crippen LogP contribution in [0.25, 0.3) is 0 Å². The molecule has 1 aromatic heterocycles. The van der Waals surface area contributed by atoms with Gasteiger partial charge < -0.3 is 9.30 Å². The van der Waals surface area contributed by atoms with E-state index in [0.717, 1.165) is 5.69 Å². The molecule has 0 radical (unpaired) electrons. The van der Waals surface area contributed by atoms with Crippen molar-refractivity contribution in [2.24, 2.45) is 7.05 Å². The number of hydrogen-bond donors (Lipinski definition) is 0. The monoisotopic (exact) mass is 195 g/mol. The molecule has 0 spiro atoms. The molecule has 1 rings (SSSR count).